The van der Waals surface area contributed by atoms with E-state index < -0.39 is 0 Å². The van der Waals surface area contributed by atoms with Crippen molar-refractivity contribution < 1.29 is 4.74 Å². The highest BCUT2D eigenvalue weighted by atomic mass is 79.9. The fourth-order valence-electron chi connectivity index (χ4n) is 3.34. The first-order valence-electron chi connectivity index (χ1n) is 8.90. The minimum absolute atomic E-state index is 0.667. The molecule has 0 saturated heterocycles. The Bertz CT molecular complexity index is 924. The van der Waals surface area contributed by atoms with Crippen LogP contribution in [0.4, 0.5) is 0 Å². The molecule has 0 spiro atoms. The van der Waals surface area contributed by atoms with Crippen molar-refractivity contribution in [2.45, 2.75) is 38.1 Å². The molecule has 3 nitrogen and oxygen atoms in total. The van der Waals surface area contributed by atoms with E-state index in [4.69, 9.17) is 14.7 Å². The molecule has 1 atom stereocenters. The quantitative estimate of drug-likeness (QED) is 0.270. The third kappa shape index (κ3) is 3.92. The lowest BCUT2D eigenvalue weighted by Crippen LogP contribution is -2.09. The number of hydrogen-bond acceptors (Lipinski definition) is 5. The number of halogens is 1. The zero-order valence-electron chi connectivity index (χ0n) is 14.9. The molecule has 1 aliphatic rings. The summed E-state index contributed by atoms with van der Waals surface area (Å²) in [6, 6.07) is 7.97. The third-order valence-electron chi connectivity index (χ3n) is 4.64. The van der Waals surface area contributed by atoms with Crippen molar-refractivity contribution in [2.75, 3.05) is 12.4 Å². The summed E-state index contributed by atoms with van der Waals surface area (Å²) in [4.78, 5) is 12.1. The van der Waals surface area contributed by atoms with Crippen LogP contribution in [0.5, 0.6) is 5.75 Å². The molecule has 0 aliphatic heterocycles. The number of ether oxygens (including phenoxy) is 1. The van der Waals surface area contributed by atoms with E-state index in [0.29, 0.717) is 6.61 Å². The molecule has 3 aromatic rings. The van der Waals surface area contributed by atoms with Gasteiger partial charge in [0.2, 0.25) is 0 Å². The average molecular weight is 449 g/mol. The maximum atomic E-state index is 5.85. The van der Waals surface area contributed by atoms with Crippen molar-refractivity contribution in [2.24, 2.45) is 5.92 Å². The van der Waals surface area contributed by atoms with Gasteiger partial charge in [-0.15, -0.1) is 23.1 Å². The van der Waals surface area contributed by atoms with Crippen molar-refractivity contribution >= 4 is 49.2 Å². The Labute approximate surface area is 170 Å². The molecule has 0 fully saturated rings. The van der Waals surface area contributed by atoms with E-state index in [2.05, 4.69) is 22.9 Å². The molecule has 0 radical (unpaired) electrons. The van der Waals surface area contributed by atoms with Gasteiger partial charge in [-0.1, -0.05) is 22.9 Å². The van der Waals surface area contributed by atoms with Crippen LogP contribution < -0.4 is 4.74 Å². The van der Waals surface area contributed by atoms with Crippen molar-refractivity contribution in [3.8, 4) is 5.75 Å². The number of aryl methyl sites for hydroxylation is 2. The highest BCUT2D eigenvalue weighted by Crippen LogP contribution is 2.40. The number of hydrogen-bond donors (Lipinski definition) is 0. The Balaban J connectivity index is 1.49. The summed E-state index contributed by atoms with van der Waals surface area (Å²) in [7, 11) is 0. The summed E-state index contributed by atoms with van der Waals surface area (Å²) >= 11 is 7.10. The Hall–Kier alpha value is -1.11. The molecule has 136 valence electrons. The summed E-state index contributed by atoms with van der Waals surface area (Å²) < 4.78 is 6.92. The van der Waals surface area contributed by atoms with Crippen LogP contribution in [-0.2, 0) is 12.8 Å². The Morgan fingerprint density at radius 3 is 2.88 bits per heavy atom. The van der Waals surface area contributed by atoms with Gasteiger partial charge in [-0.25, -0.2) is 9.97 Å². The van der Waals surface area contributed by atoms with Gasteiger partial charge >= 0.3 is 0 Å². The molecular formula is C20H21BrN2OS2. The van der Waals surface area contributed by atoms with E-state index in [-0.39, 0.29) is 0 Å². The van der Waals surface area contributed by atoms with Crippen molar-refractivity contribution in [1.82, 2.24) is 9.97 Å². The summed E-state index contributed by atoms with van der Waals surface area (Å²) in [6.45, 7) is 5.00. The number of nitrogens with zero attached hydrogens (tertiary/aromatic N) is 2. The molecule has 26 heavy (non-hydrogen) atoms. The van der Waals surface area contributed by atoms with Crippen LogP contribution in [0.25, 0.3) is 10.2 Å². The van der Waals surface area contributed by atoms with Gasteiger partial charge in [0.25, 0.3) is 0 Å². The number of thioether (sulfide) groups is 1. The smallest absolute Gasteiger partial charge is 0.128 e. The van der Waals surface area contributed by atoms with Gasteiger partial charge in [0.15, 0.2) is 0 Å². The summed E-state index contributed by atoms with van der Waals surface area (Å²) in [5.74, 6) is 3.42. The maximum Gasteiger partial charge on any atom is 0.128 e. The van der Waals surface area contributed by atoms with Crippen LogP contribution in [0, 0.1) is 12.8 Å². The predicted molar refractivity (Wildman–Crippen MR) is 114 cm³/mol. The average Bonchev–Trinajstić information content (AvgIpc) is 2.97. The van der Waals surface area contributed by atoms with E-state index in [1.807, 2.05) is 42.5 Å². The molecule has 1 aliphatic carbocycles. The largest absolute Gasteiger partial charge is 0.493 e. The molecule has 1 unspecified atom stereocenters. The van der Waals surface area contributed by atoms with E-state index in [1.54, 1.807) is 11.8 Å². The molecule has 0 N–H and O–H groups in total. The number of aromatic nitrogens is 2. The van der Waals surface area contributed by atoms with E-state index in [1.165, 1.54) is 28.7 Å². The molecule has 2 aromatic heterocycles. The van der Waals surface area contributed by atoms with Crippen LogP contribution in [0.1, 0.15) is 29.6 Å². The van der Waals surface area contributed by atoms with Gasteiger partial charge in [0.05, 0.1) is 6.61 Å². The van der Waals surface area contributed by atoms with Crippen LogP contribution in [0.2, 0.25) is 0 Å². The first-order chi connectivity index (χ1) is 12.6. The van der Waals surface area contributed by atoms with Crippen LogP contribution in [0.3, 0.4) is 0 Å². The lowest BCUT2D eigenvalue weighted by atomic mass is 9.89. The molecule has 4 rings (SSSR count). The van der Waals surface area contributed by atoms with Crippen LogP contribution >= 0.6 is 39.0 Å². The van der Waals surface area contributed by atoms with Crippen LogP contribution in [0.15, 0.2) is 33.8 Å². The fourth-order valence-corrected chi connectivity index (χ4v) is 6.02. The van der Waals surface area contributed by atoms with E-state index in [0.717, 1.165) is 44.0 Å². The van der Waals surface area contributed by atoms with Gasteiger partial charge in [0, 0.05) is 20.5 Å². The summed E-state index contributed by atoms with van der Waals surface area (Å²) in [5, 5.41) is 2.43. The number of fused-ring (bicyclic) bond motifs is 3. The highest BCUT2D eigenvalue weighted by Gasteiger charge is 2.23. The second kappa shape index (κ2) is 7.87. The molecular weight excluding hydrogens is 428 g/mol. The molecule has 0 amide bonds. The van der Waals surface area contributed by atoms with Crippen molar-refractivity contribution in [3.05, 3.63) is 45.0 Å². The normalized spacial score (nSPS) is 16.7. The molecule has 6 heteroatoms. The van der Waals surface area contributed by atoms with Crippen molar-refractivity contribution in [1.29, 1.82) is 0 Å². The van der Waals surface area contributed by atoms with Crippen LogP contribution in [-0.4, -0.2) is 22.3 Å². The zero-order chi connectivity index (χ0) is 18.1. The number of rotatable bonds is 5. The van der Waals surface area contributed by atoms with E-state index >= 15 is 0 Å². The van der Waals surface area contributed by atoms with Crippen molar-refractivity contribution in [3.63, 3.8) is 0 Å². The fraction of sp³-hybridized carbons (Fsp3) is 0.400. The molecule has 1 aromatic carbocycles. The molecule has 0 bridgehead atoms. The predicted octanol–water partition coefficient (Wildman–Crippen LogP) is 6.06. The van der Waals surface area contributed by atoms with E-state index in [9.17, 15) is 0 Å². The van der Waals surface area contributed by atoms with Gasteiger partial charge < -0.3 is 4.74 Å². The third-order valence-corrected chi connectivity index (χ3v) is 7.25. The second-order valence-corrected chi connectivity index (χ2v) is 9.84. The molecule has 2 heterocycles. The second-order valence-electron chi connectivity index (χ2n) is 6.76. The van der Waals surface area contributed by atoms with Gasteiger partial charge in [-0.05, 0) is 61.9 Å². The maximum absolute atomic E-state index is 5.85. The lowest BCUT2D eigenvalue weighted by Gasteiger charge is -2.18. The van der Waals surface area contributed by atoms with Gasteiger partial charge in [-0.3, -0.25) is 0 Å². The zero-order valence-corrected chi connectivity index (χ0v) is 18.1. The SMILES string of the molecule is Cc1nc(SCCOc2ccc(Br)cc2)c2c3c(sc2n1)CC(C)CC3. The van der Waals surface area contributed by atoms with Gasteiger partial charge in [0.1, 0.15) is 21.4 Å². The number of benzene rings is 1. The Morgan fingerprint density at radius 2 is 2.08 bits per heavy atom. The lowest BCUT2D eigenvalue weighted by molar-refractivity contribution is 0.344. The minimum atomic E-state index is 0.667. The molecule has 0 saturated carbocycles. The minimum Gasteiger partial charge on any atom is -0.493 e. The topological polar surface area (TPSA) is 35.0 Å². The standard InChI is InChI=1S/C20H21BrN2OS2/c1-12-3-8-16-17(11-12)26-20-18(16)19(22-13(2)23-20)25-10-9-24-15-6-4-14(21)5-7-15/h4-7,12H,3,8-11H2,1-2H3. The Kier molecular flexibility index (Phi) is 5.53. The Morgan fingerprint density at radius 1 is 1.27 bits per heavy atom. The number of thiophene rings is 1. The summed E-state index contributed by atoms with van der Waals surface area (Å²) in [6.07, 6.45) is 3.61. The summed E-state index contributed by atoms with van der Waals surface area (Å²) in [5.41, 5.74) is 1.50. The first kappa shape index (κ1) is 18.3. The first-order valence-corrected chi connectivity index (χ1v) is 11.5. The van der Waals surface area contributed by atoms with Gasteiger partial charge in [-0.2, -0.15) is 0 Å². The monoisotopic (exact) mass is 448 g/mol. The highest BCUT2D eigenvalue weighted by molar-refractivity contribution is 9.10.